The summed E-state index contributed by atoms with van der Waals surface area (Å²) >= 11 is 0. The van der Waals surface area contributed by atoms with E-state index in [0.29, 0.717) is 37.4 Å². The van der Waals surface area contributed by atoms with Gasteiger partial charge in [0.05, 0.1) is 6.54 Å². The first kappa shape index (κ1) is 21.3. The molecule has 1 aromatic rings. The number of ether oxygens (including phenoxy) is 1. The summed E-state index contributed by atoms with van der Waals surface area (Å²) in [4.78, 5) is 37.3. The standard InChI is InChI=1S/C22H30N2O5/c1-15-9-11-22(12-10-15)20(27)24(21(28)23-22)13-18(26)14-29-19-7-5-17(6-8-19)4-3-16(2)25/h5-8,15,18,26H,3-4,9-14H2,1-2H3,(H,23,28)/t15?,18-,22?/m0/s1. The van der Waals surface area contributed by atoms with Gasteiger partial charge in [-0.2, -0.15) is 0 Å². The smallest absolute Gasteiger partial charge is 0.325 e. The molecular formula is C22H30N2O5. The Labute approximate surface area is 171 Å². The van der Waals surface area contributed by atoms with Crippen molar-refractivity contribution < 1.29 is 24.2 Å². The van der Waals surface area contributed by atoms with Gasteiger partial charge in [0.25, 0.3) is 5.91 Å². The van der Waals surface area contributed by atoms with Crippen molar-refractivity contribution in [3.05, 3.63) is 29.8 Å². The van der Waals surface area contributed by atoms with Crippen LogP contribution in [0.2, 0.25) is 0 Å². The molecule has 3 amide bonds. The molecule has 1 aliphatic heterocycles. The second-order valence-electron chi connectivity index (χ2n) is 8.42. The topological polar surface area (TPSA) is 95.9 Å². The van der Waals surface area contributed by atoms with Crippen molar-refractivity contribution in [3.63, 3.8) is 0 Å². The van der Waals surface area contributed by atoms with Crippen molar-refractivity contribution in [1.29, 1.82) is 0 Å². The first-order valence-electron chi connectivity index (χ1n) is 10.3. The van der Waals surface area contributed by atoms with Crippen LogP contribution in [0.25, 0.3) is 0 Å². The molecule has 158 valence electrons. The highest BCUT2D eigenvalue weighted by molar-refractivity contribution is 6.07. The third kappa shape index (κ3) is 5.15. The van der Waals surface area contributed by atoms with Crippen molar-refractivity contribution in [2.75, 3.05) is 13.2 Å². The first-order chi connectivity index (χ1) is 13.8. The molecule has 7 nitrogen and oxygen atoms in total. The zero-order chi connectivity index (χ0) is 21.0. The maximum atomic E-state index is 12.8. The van der Waals surface area contributed by atoms with Crippen LogP contribution in [-0.4, -0.2) is 52.5 Å². The van der Waals surface area contributed by atoms with Gasteiger partial charge in [0.2, 0.25) is 0 Å². The average Bonchev–Trinajstić information content (AvgIpc) is 2.92. The molecule has 1 spiro atoms. The van der Waals surface area contributed by atoms with Crippen LogP contribution in [0.1, 0.15) is 51.5 Å². The van der Waals surface area contributed by atoms with Crippen molar-refractivity contribution in [3.8, 4) is 5.75 Å². The number of hydrogen-bond donors (Lipinski definition) is 2. The predicted molar refractivity (Wildman–Crippen MR) is 108 cm³/mol. The predicted octanol–water partition coefficient (Wildman–Crippen LogP) is 2.45. The van der Waals surface area contributed by atoms with Crippen molar-refractivity contribution in [1.82, 2.24) is 10.2 Å². The summed E-state index contributed by atoms with van der Waals surface area (Å²) in [6, 6.07) is 6.91. The Morgan fingerprint density at radius 3 is 2.55 bits per heavy atom. The second-order valence-corrected chi connectivity index (χ2v) is 8.42. The normalized spacial score (nSPS) is 25.2. The lowest BCUT2D eigenvalue weighted by molar-refractivity contribution is -0.133. The summed E-state index contributed by atoms with van der Waals surface area (Å²) in [6.45, 7) is 3.62. The molecule has 29 heavy (non-hydrogen) atoms. The highest BCUT2D eigenvalue weighted by Gasteiger charge is 2.52. The van der Waals surface area contributed by atoms with Crippen LogP contribution in [-0.2, 0) is 16.0 Å². The third-order valence-corrected chi connectivity index (χ3v) is 5.90. The number of aliphatic hydroxyl groups is 1. The molecule has 0 aromatic heterocycles. The molecule has 0 unspecified atom stereocenters. The number of nitrogens with one attached hydrogen (secondary N) is 1. The number of carbonyl (C=O) groups excluding carboxylic acids is 3. The number of β-amino-alcohol motifs (C(OH)–C–C–N with tert-alkyl or cyclic N) is 1. The lowest BCUT2D eigenvalue weighted by Gasteiger charge is -2.33. The van der Waals surface area contributed by atoms with Crippen LogP contribution >= 0.6 is 0 Å². The average molecular weight is 402 g/mol. The molecule has 1 aliphatic carbocycles. The van der Waals surface area contributed by atoms with E-state index in [-0.39, 0.29) is 24.8 Å². The molecule has 1 heterocycles. The molecule has 1 saturated carbocycles. The summed E-state index contributed by atoms with van der Waals surface area (Å²) in [7, 11) is 0. The Morgan fingerprint density at radius 1 is 1.28 bits per heavy atom. The SMILES string of the molecule is CC(=O)CCc1ccc(OC[C@@H](O)CN2C(=O)NC3(CCC(C)CC3)C2=O)cc1. The first-order valence-corrected chi connectivity index (χ1v) is 10.3. The summed E-state index contributed by atoms with van der Waals surface area (Å²) in [5, 5.41) is 13.2. The fourth-order valence-corrected chi connectivity index (χ4v) is 3.96. The fraction of sp³-hybridized carbons (Fsp3) is 0.591. The van der Waals surface area contributed by atoms with Gasteiger partial charge in [-0.25, -0.2) is 4.79 Å². The molecule has 1 aromatic carbocycles. The molecule has 3 rings (SSSR count). The lowest BCUT2D eigenvalue weighted by atomic mass is 9.77. The molecule has 2 N–H and O–H groups in total. The molecule has 2 fully saturated rings. The number of carbonyl (C=O) groups is 3. The number of aryl methyl sites for hydroxylation is 1. The van der Waals surface area contributed by atoms with E-state index in [0.717, 1.165) is 23.3 Å². The number of aliphatic hydroxyl groups excluding tert-OH is 1. The molecule has 1 atom stereocenters. The van der Waals surface area contributed by atoms with E-state index < -0.39 is 17.7 Å². The van der Waals surface area contributed by atoms with E-state index in [1.165, 1.54) is 0 Å². The number of rotatable bonds is 8. The van der Waals surface area contributed by atoms with E-state index in [9.17, 15) is 19.5 Å². The molecule has 2 aliphatic rings. The van der Waals surface area contributed by atoms with E-state index in [2.05, 4.69) is 12.2 Å². The van der Waals surface area contributed by atoms with Gasteiger partial charge >= 0.3 is 6.03 Å². The van der Waals surface area contributed by atoms with Crippen LogP contribution in [0.3, 0.4) is 0 Å². The number of amides is 3. The van der Waals surface area contributed by atoms with E-state index in [4.69, 9.17) is 4.74 Å². The van der Waals surface area contributed by atoms with E-state index >= 15 is 0 Å². The fourth-order valence-electron chi connectivity index (χ4n) is 3.96. The number of urea groups is 1. The van der Waals surface area contributed by atoms with E-state index in [1.54, 1.807) is 19.1 Å². The minimum absolute atomic E-state index is 0.0200. The summed E-state index contributed by atoms with van der Waals surface area (Å²) in [5.41, 5.74) is 0.249. The quantitative estimate of drug-likeness (QED) is 0.651. The largest absolute Gasteiger partial charge is 0.491 e. The van der Waals surface area contributed by atoms with Crippen molar-refractivity contribution in [2.45, 2.75) is 64.0 Å². The maximum absolute atomic E-state index is 12.8. The lowest BCUT2D eigenvalue weighted by Crippen LogP contribution is -2.49. The van der Waals surface area contributed by atoms with Gasteiger partial charge in [0.1, 0.15) is 29.8 Å². The monoisotopic (exact) mass is 402 g/mol. The zero-order valence-electron chi connectivity index (χ0n) is 17.1. The van der Waals surface area contributed by atoms with Gasteiger partial charge in [0, 0.05) is 6.42 Å². The highest BCUT2D eigenvalue weighted by atomic mass is 16.5. The number of nitrogens with zero attached hydrogens (tertiary/aromatic N) is 1. The van der Waals surface area contributed by atoms with Crippen LogP contribution in [0.5, 0.6) is 5.75 Å². The number of benzene rings is 1. The number of ketones is 1. The maximum Gasteiger partial charge on any atom is 0.325 e. The number of hydrogen-bond acceptors (Lipinski definition) is 5. The van der Waals surface area contributed by atoms with Gasteiger partial charge in [-0.15, -0.1) is 0 Å². The van der Waals surface area contributed by atoms with Gasteiger partial charge in [-0.1, -0.05) is 19.1 Å². The Bertz CT molecular complexity index is 753. The van der Waals surface area contributed by atoms with Crippen molar-refractivity contribution in [2.24, 2.45) is 5.92 Å². The number of imide groups is 1. The highest BCUT2D eigenvalue weighted by Crippen LogP contribution is 2.36. The Morgan fingerprint density at radius 2 is 1.93 bits per heavy atom. The summed E-state index contributed by atoms with van der Waals surface area (Å²) in [5.74, 6) is 1.07. The second kappa shape index (κ2) is 8.95. The van der Waals surface area contributed by atoms with Gasteiger partial charge in [-0.3, -0.25) is 9.69 Å². The summed E-state index contributed by atoms with van der Waals surface area (Å²) < 4.78 is 5.59. The summed E-state index contributed by atoms with van der Waals surface area (Å²) in [6.07, 6.45) is 3.34. The van der Waals surface area contributed by atoms with Gasteiger partial charge in [-0.05, 0) is 62.6 Å². The minimum atomic E-state index is -0.972. The Kier molecular flexibility index (Phi) is 6.57. The van der Waals surface area contributed by atoms with Crippen LogP contribution in [0, 0.1) is 5.92 Å². The van der Waals surface area contributed by atoms with Crippen LogP contribution in [0.15, 0.2) is 24.3 Å². The van der Waals surface area contributed by atoms with Gasteiger partial charge < -0.3 is 20.0 Å². The minimum Gasteiger partial charge on any atom is -0.491 e. The van der Waals surface area contributed by atoms with Gasteiger partial charge in [0.15, 0.2) is 0 Å². The molecule has 0 bridgehead atoms. The molecule has 1 saturated heterocycles. The molecule has 7 heteroatoms. The van der Waals surface area contributed by atoms with Crippen LogP contribution in [0.4, 0.5) is 4.79 Å². The third-order valence-electron chi connectivity index (χ3n) is 5.90. The Balaban J connectivity index is 1.49. The molecule has 0 radical (unpaired) electrons. The number of Topliss-reactive ketones (excluding diaryl/α,β-unsaturated/α-hetero) is 1. The van der Waals surface area contributed by atoms with E-state index in [1.807, 2.05) is 12.1 Å². The Hall–Kier alpha value is -2.41. The van der Waals surface area contributed by atoms with Crippen molar-refractivity contribution >= 4 is 17.7 Å². The van der Waals surface area contributed by atoms with Crippen LogP contribution < -0.4 is 10.1 Å². The zero-order valence-corrected chi connectivity index (χ0v) is 17.1. The molecular weight excluding hydrogens is 372 g/mol.